The molecule has 3 rings (SSSR count). The summed E-state index contributed by atoms with van der Waals surface area (Å²) in [6.07, 6.45) is 0. The van der Waals surface area contributed by atoms with Crippen molar-refractivity contribution in [3.63, 3.8) is 0 Å². The van der Waals surface area contributed by atoms with Crippen molar-refractivity contribution in [3.8, 4) is 0 Å². The zero-order valence-electron chi connectivity index (χ0n) is 9.77. The van der Waals surface area contributed by atoms with Crippen molar-refractivity contribution in [3.05, 3.63) is 52.5 Å². The maximum atomic E-state index is 6.20. The van der Waals surface area contributed by atoms with Crippen molar-refractivity contribution >= 4 is 44.5 Å². The van der Waals surface area contributed by atoms with Gasteiger partial charge >= 0.3 is 0 Å². The Balaban J connectivity index is 2.09. The highest BCUT2D eigenvalue weighted by Crippen LogP contribution is 2.32. The Morgan fingerprint density at radius 2 is 1.89 bits per heavy atom. The average Bonchev–Trinajstić information content (AvgIpc) is 2.79. The van der Waals surface area contributed by atoms with Crippen molar-refractivity contribution in [2.75, 3.05) is 5.32 Å². The Morgan fingerprint density at radius 1 is 1.11 bits per heavy atom. The lowest BCUT2D eigenvalue weighted by Gasteiger charge is -2.08. The lowest BCUT2D eigenvalue weighted by atomic mass is 10.1. The van der Waals surface area contributed by atoms with Gasteiger partial charge in [0.2, 0.25) is 0 Å². The monoisotopic (exact) mass is 274 g/mol. The van der Waals surface area contributed by atoms with E-state index in [1.807, 2.05) is 42.6 Å². The summed E-state index contributed by atoms with van der Waals surface area (Å²) in [6.45, 7) is 1.99. The molecular weight excluding hydrogens is 264 g/mol. The number of thiazole rings is 1. The lowest BCUT2D eigenvalue weighted by Crippen LogP contribution is -1.91. The normalized spacial score (nSPS) is 10.8. The van der Waals surface area contributed by atoms with Gasteiger partial charge in [0.25, 0.3) is 0 Å². The molecule has 2 nitrogen and oxygen atoms in total. The molecule has 0 fully saturated rings. The molecule has 0 aliphatic heterocycles. The molecule has 0 saturated heterocycles. The van der Waals surface area contributed by atoms with Gasteiger partial charge in [-0.25, -0.2) is 4.98 Å². The summed E-state index contributed by atoms with van der Waals surface area (Å²) in [5.74, 6) is 0. The molecule has 4 heteroatoms. The smallest absolute Gasteiger partial charge is 0.187 e. The van der Waals surface area contributed by atoms with E-state index >= 15 is 0 Å². The van der Waals surface area contributed by atoms with E-state index in [1.54, 1.807) is 11.3 Å². The van der Waals surface area contributed by atoms with Crippen molar-refractivity contribution in [1.29, 1.82) is 0 Å². The molecule has 1 aromatic heterocycles. The van der Waals surface area contributed by atoms with Gasteiger partial charge in [0, 0.05) is 26.9 Å². The highest BCUT2D eigenvalue weighted by molar-refractivity contribution is 7.13. The van der Waals surface area contributed by atoms with Gasteiger partial charge in [-0.2, -0.15) is 0 Å². The van der Waals surface area contributed by atoms with Crippen LogP contribution in [0.25, 0.3) is 10.8 Å². The Hall–Kier alpha value is -1.58. The van der Waals surface area contributed by atoms with Crippen LogP contribution in [0.15, 0.2) is 41.8 Å². The molecule has 0 amide bonds. The number of fused-ring (bicyclic) bond motifs is 1. The van der Waals surface area contributed by atoms with Crippen LogP contribution in [0.5, 0.6) is 0 Å². The second-order valence-electron chi connectivity index (χ2n) is 4.06. The number of halogens is 1. The molecule has 0 spiro atoms. The molecule has 18 heavy (non-hydrogen) atoms. The van der Waals surface area contributed by atoms with E-state index in [0.717, 1.165) is 32.3 Å². The molecule has 0 radical (unpaired) electrons. The maximum absolute atomic E-state index is 6.20. The average molecular weight is 275 g/mol. The summed E-state index contributed by atoms with van der Waals surface area (Å²) in [5.41, 5.74) is 2.06. The topological polar surface area (TPSA) is 24.9 Å². The van der Waals surface area contributed by atoms with E-state index < -0.39 is 0 Å². The third-order valence-corrected chi connectivity index (χ3v) is 3.94. The van der Waals surface area contributed by atoms with E-state index in [-0.39, 0.29) is 0 Å². The Kier molecular flexibility index (Phi) is 2.94. The second-order valence-corrected chi connectivity index (χ2v) is 5.32. The van der Waals surface area contributed by atoms with Gasteiger partial charge in [0.15, 0.2) is 5.13 Å². The minimum Gasteiger partial charge on any atom is -0.331 e. The molecule has 1 heterocycles. The first-order valence-corrected chi connectivity index (χ1v) is 6.86. The molecule has 0 unspecified atom stereocenters. The zero-order valence-corrected chi connectivity index (χ0v) is 11.3. The van der Waals surface area contributed by atoms with Gasteiger partial charge < -0.3 is 5.32 Å². The first-order chi connectivity index (χ1) is 8.74. The van der Waals surface area contributed by atoms with E-state index in [2.05, 4.69) is 16.4 Å². The van der Waals surface area contributed by atoms with Crippen LogP contribution in [0.1, 0.15) is 5.69 Å². The SMILES string of the molecule is Cc1csc(Nc2ccc(Cl)c3ccccc23)n1. The van der Waals surface area contributed by atoms with Crippen molar-refractivity contribution in [2.24, 2.45) is 0 Å². The fourth-order valence-electron chi connectivity index (χ4n) is 1.90. The van der Waals surface area contributed by atoms with E-state index in [0.29, 0.717) is 0 Å². The number of nitrogens with zero attached hydrogens (tertiary/aromatic N) is 1. The molecule has 0 atom stereocenters. The highest BCUT2D eigenvalue weighted by atomic mass is 35.5. The van der Waals surface area contributed by atoms with Crippen LogP contribution in [0, 0.1) is 6.92 Å². The van der Waals surface area contributed by atoms with E-state index in [4.69, 9.17) is 11.6 Å². The van der Waals surface area contributed by atoms with E-state index in [9.17, 15) is 0 Å². The zero-order chi connectivity index (χ0) is 12.5. The third kappa shape index (κ3) is 2.07. The van der Waals surface area contributed by atoms with Crippen molar-refractivity contribution in [1.82, 2.24) is 4.98 Å². The molecule has 1 N–H and O–H groups in total. The molecular formula is C14H11ClN2S. The standard InChI is InChI=1S/C14H11ClN2S/c1-9-8-18-14(16-9)17-13-7-6-12(15)10-4-2-3-5-11(10)13/h2-8H,1H3,(H,16,17). The number of hydrogen-bond donors (Lipinski definition) is 1. The summed E-state index contributed by atoms with van der Waals surface area (Å²) in [6, 6.07) is 12.0. The fraction of sp³-hybridized carbons (Fsp3) is 0.0714. The third-order valence-electron chi connectivity index (χ3n) is 2.73. The minimum atomic E-state index is 0.770. The van der Waals surface area contributed by atoms with E-state index in [1.165, 1.54) is 0 Å². The van der Waals surface area contributed by atoms with Crippen LogP contribution in [0.2, 0.25) is 5.02 Å². The Morgan fingerprint density at radius 3 is 2.61 bits per heavy atom. The van der Waals surface area contributed by atoms with Gasteiger partial charge in [-0.05, 0) is 19.1 Å². The van der Waals surface area contributed by atoms with Crippen LogP contribution < -0.4 is 5.32 Å². The molecule has 2 aromatic carbocycles. The van der Waals surface area contributed by atoms with Crippen LogP contribution in [0.4, 0.5) is 10.8 Å². The quantitative estimate of drug-likeness (QED) is 0.711. The predicted molar refractivity (Wildman–Crippen MR) is 79.1 cm³/mol. The van der Waals surface area contributed by atoms with Crippen LogP contribution in [-0.4, -0.2) is 4.98 Å². The lowest BCUT2D eigenvalue weighted by molar-refractivity contribution is 1.26. The fourth-order valence-corrected chi connectivity index (χ4v) is 2.83. The molecule has 0 aliphatic rings. The summed E-state index contributed by atoms with van der Waals surface area (Å²) >= 11 is 7.80. The van der Waals surface area contributed by atoms with Crippen LogP contribution >= 0.6 is 22.9 Å². The first kappa shape index (κ1) is 11.5. The number of rotatable bonds is 2. The number of benzene rings is 2. The largest absolute Gasteiger partial charge is 0.331 e. The summed E-state index contributed by atoms with van der Waals surface area (Å²) in [4.78, 5) is 4.41. The molecule has 3 aromatic rings. The van der Waals surface area contributed by atoms with Crippen LogP contribution in [-0.2, 0) is 0 Å². The van der Waals surface area contributed by atoms with Crippen LogP contribution in [0.3, 0.4) is 0 Å². The number of aryl methyl sites for hydroxylation is 1. The summed E-state index contributed by atoms with van der Waals surface area (Å²) < 4.78 is 0. The predicted octanol–water partition coefficient (Wildman–Crippen LogP) is 5.00. The minimum absolute atomic E-state index is 0.770. The first-order valence-electron chi connectivity index (χ1n) is 5.60. The van der Waals surface area contributed by atoms with Gasteiger partial charge in [-0.15, -0.1) is 11.3 Å². The van der Waals surface area contributed by atoms with Gasteiger partial charge in [0.1, 0.15) is 0 Å². The van der Waals surface area contributed by atoms with Crippen molar-refractivity contribution in [2.45, 2.75) is 6.92 Å². The number of nitrogens with one attached hydrogen (secondary N) is 1. The second kappa shape index (κ2) is 4.59. The van der Waals surface area contributed by atoms with Gasteiger partial charge in [-0.1, -0.05) is 35.9 Å². The molecule has 0 bridgehead atoms. The Labute approximate surface area is 114 Å². The summed E-state index contributed by atoms with van der Waals surface area (Å²) in [7, 11) is 0. The number of aromatic nitrogens is 1. The Bertz CT molecular complexity index is 706. The number of hydrogen-bond acceptors (Lipinski definition) is 3. The molecule has 0 saturated carbocycles. The molecule has 0 aliphatic carbocycles. The van der Waals surface area contributed by atoms with Crippen molar-refractivity contribution < 1.29 is 0 Å². The van der Waals surface area contributed by atoms with Gasteiger partial charge in [0.05, 0.1) is 5.69 Å². The highest BCUT2D eigenvalue weighted by Gasteiger charge is 2.05. The maximum Gasteiger partial charge on any atom is 0.187 e. The van der Waals surface area contributed by atoms with Gasteiger partial charge in [-0.3, -0.25) is 0 Å². The summed E-state index contributed by atoms with van der Waals surface area (Å²) in [5, 5.41) is 9.21. The molecule has 90 valence electrons. The number of anilines is 2.